The highest BCUT2D eigenvalue weighted by Gasteiger charge is 2.27. The SMILES string of the molecule is CC(C)C(C)(CCl)Nc1ccc(Br)cn1. The van der Waals surface area contributed by atoms with Crippen molar-refractivity contribution in [3.05, 3.63) is 22.8 Å². The van der Waals surface area contributed by atoms with Crippen LogP contribution in [0.3, 0.4) is 0 Å². The Bertz CT molecular complexity index is 313. The predicted molar refractivity (Wildman–Crippen MR) is 69.5 cm³/mol. The molecule has 1 rings (SSSR count). The van der Waals surface area contributed by atoms with Crippen molar-refractivity contribution in [3.8, 4) is 0 Å². The molecule has 84 valence electrons. The first kappa shape index (κ1) is 12.8. The maximum absolute atomic E-state index is 5.99. The van der Waals surface area contributed by atoms with E-state index in [2.05, 4.69) is 47.0 Å². The lowest BCUT2D eigenvalue weighted by Crippen LogP contribution is -2.42. The van der Waals surface area contributed by atoms with Crippen LogP contribution in [0.1, 0.15) is 20.8 Å². The highest BCUT2D eigenvalue weighted by molar-refractivity contribution is 9.10. The van der Waals surface area contributed by atoms with Gasteiger partial charge in [-0.15, -0.1) is 11.6 Å². The number of hydrogen-bond donors (Lipinski definition) is 1. The number of rotatable bonds is 4. The van der Waals surface area contributed by atoms with Gasteiger partial charge >= 0.3 is 0 Å². The van der Waals surface area contributed by atoms with E-state index in [1.165, 1.54) is 0 Å². The zero-order valence-electron chi connectivity index (χ0n) is 9.22. The number of pyridine rings is 1. The minimum Gasteiger partial charge on any atom is -0.363 e. The van der Waals surface area contributed by atoms with Crippen LogP contribution in [0.2, 0.25) is 0 Å². The number of halogens is 2. The quantitative estimate of drug-likeness (QED) is 0.851. The molecule has 1 N–H and O–H groups in total. The molecule has 0 bridgehead atoms. The molecule has 1 aromatic rings. The highest BCUT2D eigenvalue weighted by atomic mass is 79.9. The minimum absolute atomic E-state index is 0.123. The maximum Gasteiger partial charge on any atom is 0.126 e. The molecule has 1 aromatic heterocycles. The van der Waals surface area contributed by atoms with Crippen molar-refractivity contribution >= 4 is 33.3 Å². The summed E-state index contributed by atoms with van der Waals surface area (Å²) in [5, 5.41) is 3.37. The molecule has 4 heteroatoms. The molecule has 0 aromatic carbocycles. The second-order valence-electron chi connectivity index (χ2n) is 4.19. The number of anilines is 1. The number of aromatic nitrogens is 1. The summed E-state index contributed by atoms with van der Waals surface area (Å²) in [5.74, 6) is 1.86. The number of alkyl halides is 1. The van der Waals surface area contributed by atoms with Crippen LogP contribution in [0.5, 0.6) is 0 Å². The molecular weight excluding hydrogens is 275 g/mol. The van der Waals surface area contributed by atoms with Crippen molar-refractivity contribution in [2.75, 3.05) is 11.2 Å². The van der Waals surface area contributed by atoms with Crippen molar-refractivity contribution in [2.24, 2.45) is 5.92 Å². The molecule has 0 spiro atoms. The summed E-state index contributed by atoms with van der Waals surface area (Å²) < 4.78 is 0.977. The second kappa shape index (κ2) is 5.17. The Morgan fingerprint density at radius 1 is 1.53 bits per heavy atom. The van der Waals surface area contributed by atoms with E-state index in [1.54, 1.807) is 6.20 Å². The van der Waals surface area contributed by atoms with Gasteiger partial charge in [0, 0.05) is 16.5 Å². The van der Waals surface area contributed by atoms with E-state index in [4.69, 9.17) is 11.6 Å². The largest absolute Gasteiger partial charge is 0.363 e. The summed E-state index contributed by atoms with van der Waals surface area (Å²) in [6.07, 6.45) is 1.78. The van der Waals surface area contributed by atoms with Crippen LogP contribution in [-0.2, 0) is 0 Å². The lowest BCUT2D eigenvalue weighted by atomic mass is 9.90. The summed E-state index contributed by atoms with van der Waals surface area (Å²) in [5.41, 5.74) is -0.123. The average molecular weight is 292 g/mol. The normalized spacial score (nSPS) is 15.1. The second-order valence-corrected chi connectivity index (χ2v) is 5.38. The van der Waals surface area contributed by atoms with Crippen molar-refractivity contribution in [2.45, 2.75) is 26.3 Å². The van der Waals surface area contributed by atoms with Crippen LogP contribution in [0.25, 0.3) is 0 Å². The van der Waals surface area contributed by atoms with Crippen LogP contribution < -0.4 is 5.32 Å². The molecule has 0 radical (unpaired) electrons. The third-order valence-corrected chi connectivity index (χ3v) is 3.72. The molecule has 1 heterocycles. The summed E-state index contributed by atoms with van der Waals surface area (Å²) in [4.78, 5) is 4.28. The number of nitrogens with zero attached hydrogens (tertiary/aromatic N) is 1. The van der Waals surface area contributed by atoms with Crippen molar-refractivity contribution < 1.29 is 0 Å². The van der Waals surface area contributed by atoms with Gasteiger partial charge in [-0.25, -0.2) is 4.98 Å². The van der Waals surface area contributed by atoms with Crippen LogP contribution in [0, 0.1) is 5.92 Å². The summed E-state index contributed by atoms with van der Waals surface area (Å²) in [6, 6.07) is 3.90. The van der Waals surface area contributed by atoms with Crippen LogP contribution in [-0.4, -0.2) is 16.4 Å². The fraction of sp³-hybridized carbons (Fsp3) is 0.545. The van der Waals surface area contributed by atoms with Gasteiger partial charge in [0.25, 0.3) is 0 Å². The number of nitrogens with one attached hydrogen (secondary N) is 1. The Balaban J connectivity index is 2.79. The van der Waals surface area contributed by atoms with Gasteiger partial charge in [-0.2, -0.15) is 0 Å². The van der Waals surface area contributed by atoms with Gasteiger partial charge in [0.2, 0.25) is 0 Å². The first-order valence-corrected chi connectivity index (χ1v) is 6.26. The van der Waals surface area contributed by atoms with Crippen molar-refractivity contribution in [1.82, 2.24) is 4.98 Å². The van der Waals surface area contributed by atoms with Crippen LogP contribution >= 0.6 is 27.5 Å². The van der Waals surface area contributed by atoms with E-state index in [0.717, 1.165) is 10.3 Å². The predicted octanol–water partition coefficient (Wildman–Crippen LogP) is 3.91. The fourth-order valence-corrected chi connectivity index (χ4v) is 1.68. The molecule has 0 fully saturated rings. The zero-order chi connectivity index (χ0) is 11.5. The first-order chi connectivity index (χ1) is 6.98. The van der Waals surface area contributed by atoms with E-state index in [1.807, 2.05) is 12.1 Å². The van der Waals surface area contributed by atoms with Gasteiger partial charge in [0.15, 0.2) is 0 Å². The van der Waals surface area contributed by atoms with E-state index in [-0.39, 0.29) is 5.54 Å². The molecule has 1 atom stereocenters. The zero-order valence-corrected chi connectivity index (χ0v) is 11.6. The van der Waals surface area contributed by atoms with Gasteiger partial charge < -0.3 is 5.32 Å². The fourth-order valence-electron chi connectivity index (χ4n) is 1.07. The lowest BCUT2D eigenvalue weighted by Gasteiger charge is -2.33. The molecule has 15 heavy (non-hydrogen) atoms. The van der Waals surface area contributed by atoms with Crippen LogP contribution in [0.4, 0.5) is 5.82 Å². The van der Waals surface area contributed by atoms with E-state index in [9.17, 15) is 0 Å². The summed E-state index contributed by atoms with van der Waals surface area (Å²) >= 11 is 9.34. The Morgan fingerprint density at radius 2 is 2.20 bits per heavy atom. The Morgan fingerprint density at radius 3 is 2.60 bits per heavy atom. The molecule has 0 aliphatic rings. The smallest absolute Gasteiger partial charge is 0.126 e. The molecule has 1 unspecified atom stereocenters. The van der Waals surface area contributed by atoms with Gasteiger partial charge in [0.05, 0.1) is 5.54 Å². The molecule has 0 saturated carbocycles. The van der Waals surface area contributed by atoms with E-state index < -0.39 is 0 Å². The monoisotopic (exact) mass is 290 g/mol. The van der Waals surface area contributed by atoms with Crippen LogP contribution in [0.15, 0.2) is 22.8 Å². The maximum atomic E-state index is 5.99. The van der Waals surface area contributed by atoms with Gasteiger partial charge in [-0.3, -0.25) is 0 Å². The number of hydrogen-bond acceptors (Lipinski definition) is 2. The van der Waals surface area contributed by atoms with E-state index in [0.29, 0.717) is 11.8 Å². The standard InChI is InChI=1S/C11H16BrClN2/c1-8(2)11(3,7-13)15-10-5-4-9(12)6-14-10/h4-6,8H,7H2,1-3H3,(H,14,15). The first-order valence-electron chi connectivity index (χ1n) is 4.93. The molecule has 0 aliphatic carbocycles. The Kier molecular flexibility index (Phi) is 4.41. The molecule has 0 saturated heterocycles. The molecule has 0 amide bonds. The van der Waals surface area contributed by atoms with Crippen molar-refractivity contribution in [1.29, 1.82) is 0 Å². The average Bonchev–Trinajstić information content (AvgIpc) is 2.21. The molecule has 2 nitrogen and oxygen atoms in total. The minimum atomic E-state index is -0.123. The van der Waals surface area contributed by atoms with Gasteiger partial charge in [-0.1, -0.05) is 13.8 Å². The van der Waals surface area contributed by atoms with E-state index >= 15 is 0 Å². The summed E-state index contributed by atoms with van der Waals surface area (Å²) in [7, 11) is 0. The van der Waals surface area contributed by atoms with Crippen molar-refractivity contribution in [3.63, 3.8) is 0 Å². The summed E-state index contributed by atoms with van der Waals surface area (Å²) in [6.45, 7) is 6.40. The third kappa shape index (κ3) is 3.35. The topological polar surface area (TPSA) is 24.9 Å². The Labute approximate surface area is 105 Å². The highest BCUT2D eigenvalue weighted by Crippen LogP contribution is 2.23. The third-order valence-electron chi connectivity index (χ3n) is 2.69. The Hall–Kier alpha value is -0.280. The van der Waals surface area contributed by atoms with Gasteiger partial charge in [0.1, 0.15) is 5.82 Å². The lowest BCUT2D eigenvalue weighted by molar-refractivity contribution is 0.411. The molecule has 0 aliphatic heterocycles. The van der Waals surface area contributed by atoms with Gasteiger partial charge in [-0.05, 0) is 40.9 Å². The molecular formula is C11H16BrClN2.